The first-order valence-corrected chi connectivity index (χ1v) is 10.5. The zero-order chi connectivity index (χ0) is 20.3. The van der Waals surface area contributed by atoms with Gasteiger partial charge < -0.3 is 0 Å². The number of likely N-dealkylation sites (tertiary alicyclic amines) is 1. The van der Waals surface area contributed by atoms with Gasteiger partial charge in [-0.15, -0.1) is 5.10 Å². The number of pyridine rings is 1. The first-order valence-electron chi connectivity index (χ1n) is 10.5. The Morgan fingerprint density at radius 1 is 1.00 bits per heavy atom. The average Bonchev–Trinajstić information content (AvgIpc) is 3.21. The monoisotopic (exact) mass is 390 g/mol. The summed E-state index contributed by atoms with van der Waals surface area (Å²) in [6.45, 7) is 8.51. The number of tetrazole rings is 1. The summed E-state index contributed by atoms with van der Waals surface area (Å²) in [5, 5.41) is 12.8. The van der Waals surface area contributed by atoms with Crippen molar-refractivity contribution in [3.05, 3.63) is 71.8 Å². The summed E-state index contributed by atoms with van der Waals surface area (Å²) in [6, 6.07) is 15.1. The average molecular weight is 391 g/mol. The first-order chi connectivity index (χ1) is 14.0. The van der Waals surface area contributed by atoms with Crippen molar-refractivity contribution < 1.29 is 0 Å². The number of hydrogen-bond donors (Lipinski definition) is 0. The molecule has 0 unspecified atom stereocenters. The van der Waals surface area contributed by atoms with E-state index in [1.807, 2.05) is 17.1 Å². The molecule has 2 aromatic heterocycles. The molecule has 0 saturated carbocycles. The van der Waals surface area contributed by atoms with Crippen molar-refractivity contribution >= 4 is 0 Å². The van der Waals surface area contributed by atoms with E-state index in [0.29, 0.717) is 0 Å². The Kier molecular flexibility index (Phi) is 5.72. The molecule has 152 valence electrons. The highest BCUT2D eigenvalue weighted by Crippen LogP contribution is 2.33. The van der Waals surface area contributed by atoms with E-state index in [-0.39, 0.29) is 11.6 Å². The van der Waals surface area contributed by atoms with E-state index in [9.17, 15) is 0 Å². The SMILES string of the molecule is CC(C)(C)n1nnnc1[C@@H](c1ccncc1)N1CCC(Cc2ccccc2)CC1. The minimum absolute atomic E-state index is 0.0462. The molecule has 0 aliphatic carbocycles. The highest BCUT2D eigenvalue weighted by Gasteiger charge is 2.33. The van der Waals surface area contributed by atoms with Crippen molar-refractivity contribution in [2.24, 2.45) is 5.92 Å². The Balaban J connectivity index is 1.55. The molecule has 1 saturated heterocycles. The van der Waals surface area contributed by atoms with Gasteiger partial charge >= 0.3 is 0 Å². The molecule has 1 atom stereocenters. The molecule has 6 heteroatoms. The van der Waals surface area contributed by atoms with Crippen LogP contribution < -0.4 is 0 Å². The van der Waals surface area contributed by atoms with Gasteiger partial charge in [-0.25, -0.2) is 4.68 Å². The molecule has 6 nitrogen and oxygen atoms in total. The molecule has 4 rings (SSSR count). The third kappa shape index (κ3) is 4.53. The Morgan fingerprint density at radius 3 is 2.34 bits per heavy atom. The summed E-state index contributed by atoms with van der Waals surface area (Å²) >= 11 is 0. The second kappa shape index (κ2) is 8.41. The second-order valence-electron chi connectivity index (χ2n) is 8.97. The van der Waals surface area contributed by atoms with Gasteiger partial charge in [0.05, 0.1) is 11.6 Å². The van der Waals surface area contributed by atoms with Crippen molar-refractivity contribution in [1.29, 1.82) is 0 Å². The van der Waals surface area contributed by atoms with Crippen LogP contribution in [0.2, 0.25) is 0 Å². The molecule has 1 fully saturated rings. The number of aromatic nitrogens is 5. The fourth-order valence-corrected chi connectivity index (χ4v) is 4.27. The Hall–Kier alpha value is -2.60. The fraction of sp³-hybridized carbons (Fsp3) is 0.478. The Bertz CT molecular complexity index is 892. The van der Waals surface area contributed by atoms with Gasteiger partial charge in [0.15, 0.2) is 5.82 Å². The maximum Gasteiger partial charge on any atom is 0.173 e. The zero-order valence-corrected chi connectivity index (χ0v) is 17.6. The van der Waals surface area contributed by atoms with Gasteiger partial charge in [-0.3, -0.25) is 9.88 Å². The lowest BCUT2D eigenvalue weighted by Crippen LogP contribution is -2.40. The highest BCUT2D eigenvalue weighted by molar-refractivity contribution is 5.23. The molecule has 1 aliphatic rings. The van der Waals surface area contributed by atoms with Crippen molar-refractivity contribution in [3.8, 4) is 0 Å². The lowest BCUT2D eigenvalue weighted by atomic mass is 9.89. The lowest BCUT2D eigenvalue weighted by molar-refractivity contribution is 0.139. The summed E-state index contributed by atoms with van der Waals surface area (Å²) in [5.41, 5.74) is 2.46. The topological polar surface area (TPSA) is 59.7 Å². The van der Waals surface area contributed by atoms with E-state index in [1.165, 1.54) is 24.0 Å². The molecule has 1 aliphatic heterocycles. The van der Waals surface area contributed by atoms with Gasteiger partial charge in [0.25, 0.3) is 0 Å². The third-order valence-corrected chi connectivity index (χ3v) is 5.78. The standard InChI is InChI=1S/C23H30N6/c1-23(2,3)29-22(25-26-27-29)21(20-9-13-24-14-10-20)28-15-11-19(12-16-28)17-18-7-5-4-6-8-18/h4-10,13-14,19,21H,11-12,15-17H2,1-3H3/t21-/m1/s1. The predicted molar refractivity (Wildman–Crippen MR) is 113 cm³/mol. The highest BCUT2D eigenvalue weighted by atomic mass is 15.6. The first kappa shape index (κ1) is 19.7. The van der Waals surface area contributed by atoms with Gasteiger partial charge in [-0.2, -0.15) is 0 Å². The van der Waals surface area contributed by atoms with Crippen LogP contribution in [0.15, 0.2) is 54.9 Å². The summed E-state index contributed by atoms with van der Waals surface area (Å²) in [7, 11) is 0. The van der Waals surface area contributed by atoms with E-state index < -0.39 is 0 Å². The normalized spacial score (nSPS) is 17.3. The molecule has 0 N–H and O–H groups in total. The maximum atomic E-state index is 4.46. The van der Waals surface area contributed by atoms with Crippen LogP contribution in [-0.2, 0) is 12.0 Å². The van der Waals surface area contributed by atoms with Gasteiger partial charge in [-0.1, -0.05) is 30.3 Å². The van der Waals surface area contributed by atoms with Gasteiger partial charge in [-0.05, 0) is 92.7 Å². The van der Waals surface area contributed by atoms with Crippen molar-refractivity contribution in [2.45, 2.75) is 51.6 Å². The van der Waals surface area contributed by atoms with Crippen LogP contribution in [-0.4, -0.2) is 43.2 Å². The number of benzene rings is 1. The molecular formula is C23H30N6. The van der Waals surface area contributed by atoms with Crippen LogP contribution in [0.25, 0.3) is 0 Å². The number of nitrogens with zero attached hydrogens (tertiary/aromatic N) is 6. The van der Waals surface area contributed by atoms with Crippen LogP contribution in [0.5, 0.6) is 0 Å². The quantitative estimate of drug-likeness (QED) is 0.662. The van der Waals surface area contributed by atoms with Crippen molar-refractivity contribution in [1.82, 2.24) is 30.1 Å². The minimum Gasteiger partial charge on any atom is -0.290 e. The summed E-state index contributed by atoms with van der Waals surface area (Å²) < 4.78 is 1.97. The van der Waals surface area contributed by atoms with E-state index in [4.69, 9.17) is 0 Å². The summed E-state index contributed by atoms with van der Waals surface area (Å²) in [5.74, 6) is 1.63. The molecule has 1 aromatic carbocycles. The molecular weight excluding hydrogens is 360 g/mol. The third-order valence-electron chi connectivity index (χ3n) is 5.78. The van der Waals surface area contributed by atoms with Gasteiger partial charge in [0.1, 0.15) is 0 Å². The zero-order valence-electron chi connectivity index (χ0n) is 17.6. The van der Waals surface area contributed by atoms with Gasteiger partial charge in [0.2, 0.25) is 0 Å². The van der Waals surface area contributed by atoms with Crippen LogP contribution in [0.3, 0.4) is 0 Å². The maximum absolute atomic E-state index is 4.46. The molecule has 0 amide bonds. The van der Waals surface area contributed by atoms with Crippen LogP contribution in [0.1, 0.15) is 56.6 Å². The van der Waals surface area contributed by atoms with Crippen LogP contribution in [0, 0.1) is 5.92 Å². The Labute approximate surface area is 173 Å². The van der Waals surface area contributed by atoms with E-state index in [1.54, 1.807) is 0 Å². The summed E-state index contributed by atoms with van der Waals surface area (Å²) in [4.78, 5) is 6.74. The molecule has 3 heterocycles. The van der Waals surface area contributed by atoms with Crippen LogP contribution in [0.4, 0.5) is 0 Å². The minimum atomic E-state index is -0.171. The number of rotatable bonds is 5. The predicted octanol–water partition coefficient (Wildman–Crippen LogP) is 3.87. The molecule has 0 spiro atoms. The molecule has 0 radical (unpaired) electrons. The molecule has 0 bridgehead atoms. The van der Waals surface area contributed by atoms with Gasteiger partial charge in [0, 0.05) is 12.4 Å². The largest absolute Gasteiger partial charge is 0.290 e. The summed E-state index contributed by atoms with van der Waals surface area (Å²) in [6.07, 6.45) is 7.25. The number of hydrogen-bond acceptors (Lipinski definition) is 5. The van der Waals surface area contributed by atoms with E-state index in [0.717, 1.165) is 31.3 Å². The van der Waals surface area contributed by atoms with Crippen molar-refractivity contribution in [3.63, 3.8) is 0 Å². The fourth-order valence-electron chi connectivity index (χ4n) is 4.27. The lowest BCUT2D eigenvalue weighted by Gasteiger charge is -2.38. The molecule has 3 aromatic rings. The second-order valence-corrected chi connectivity index (χ2v) is 8.97. The molecule has 29 heavy (non-hydrogen) atoms. The van der Waals surface area contributed by atoms with Crippen molar-refractivity contribution in [2.75, 3.05) is 13.1 Å². The van der Waals surface area contributed by atoms with E-state index >= 15 is 0 Å². The smallest absolute Gasteiger partial charge is 0.173 e. The van der Waals surface area contributed by atoms with E-state index in [2.05, 4.69) is 88.6 Å². The number of piperidine rings is 1. The van der Waals surface area contributed by atoms with Crippen LogP contribution >= 0.6 is 0 Å². The Morgan fingerprint density at radius 2 is 1.69 bits per heavy atom.